The Morgan fingerprint density at radius 3 is 2.53 bits per heavy atom. The van der Waals surface area contributed by atoms with Gasteiger partial charge in [0.05, 0.1) is 5.56 Å². The number of pyridine rings is 1. The molecule has 1 aromatic heterocycles. The first-order valence-electron chi connectivity index (χ1n) is 12.8. The van der Waals surface area contributed by atoms with Crippen LogP contribution in [0.5, 0.6) is 0 Å². The van der Waals surface area contributed by atoms with Crippen molar-refractivity contribution in [1.29, 1.82) is 0 Å². The van der Waals surface area contributed by atoms with E-state index in [1.165, 1.54) is 30.9 Å². The van der Waals surface area contributed by atoms with Crippen molar-refractivity contribution in [1.82, 2.24) is 15.2 Å². The number of nitrogens with one attached hydrogen (secondary N) is 2. The van der Waals surface area contributed by atoms with Crippen LogP contribution in [0.4, 0.5) is 24.7 Å². The van der Waals surface area contributed by atoms with E-state index in [4.69, 9.17) is 0 Å². The van der Waals surface area contributed by atoms with E-state index in [0.29, 0.717) is 11.5 Å². The molecule has 1 fully saturated rings. The topological polar surface area (TPSA) is 40.2 Å². The Morgan fingerprint density at radius 1 is 1.00 bits per heavy atom. The van der Waals surface area contributed by atoms with Crippen LogP contribution in [0.2, 0.25) is 0 Å². The van der Waals surface area contributed by atoms with Gasteiger partial charge in [-0.3, -0.25) is 0 Å². The molecule has 2 heterocycles. The van der Waals surface area contributed by atoms with Crippen LogP contribution >= 0.6 is 0 Å². The Bertz CT molecular complexity index is 1080. The molecule has 0 aliphatic carbocycles. The Hall–Kier alpha value is -2.90. The standard InChI is InChI=1S/C29H35F3N4/c1-22(27-11-6-16-34-28(27)35-26-10-5-9-25(21-26)29(30,31)32)33-17-20-36-18-14-24(15-19-36)13-12-23-7-3-2-4-8-23/h2-11,16,21-22,24,33H,12-15,17-20H2,1H3,(H,34,35). The number of aryl methyl sites for hydroxylation is 1. The maximum atomic E-state index is 13.1. The number of benzene rings is 2. The second-order valence-electron chi connectivity index (χ2n) is 9.63. The van der Waals surface area contributed by atoms with Gasteiger partial charge in [0.2, 0.25) is 0 Å². The predicted octanol–water partition coefficient (Wildman–Crippen LogP) is 6.84. The number of hydrogen-bond acceptors (Lipinski definition) is 4. The molecular weight excluding hydrogens is 461 g/mol. The first kappa shape index (κ1) is 26.2. The molecule has 0 amide bonds. The van der Waals surface area contributed by atoms with Crippen LogP contribution in [0, 0.1) is 5.92 Å². The number of halogens is 3. The van der Waals surface area contributed by atoms with Crippen LogP contribution in [-0.4, -0.2) is 36.1 Å². The summed E-state index contributed by atoms with van der Waals surface area (Å²) in [5.41, 5.74) is 2.04. The van der Waals surface area contributed by atoms with Gasteiger partial charge in [0.15, 0.2) is 0 Å². The molecule has 0 spiro atoms. The number of nitrogens with zero attached hydrogens (tertiary/aromatic N) is 2. The van der Waals surface area contributed by atoms with Crippen LogP contribution in [0.25, 0.3) is 0 Å². The molecule has 2 aromatic carbocycles. The maximum Gasteiger partial charge on any atom is 0.416 e. The minimum Gasteiger partial charge on any atom is -0.340 e. The largest absolute Gasteiger partial charge is 0.416 e. The first-order valence-corrected chi connectivity index (χ1v) is 12.8. The normalized spacial score (nSPS) is 16.1. The molecule has 3 aromatic rings. The Kier molecular flexibility index (Phi) is 8.99. The zero-order valence-electron chi connectivity index (χ0n) is 20.8. The second kappa shape index (κ2) is 12.4. The lowest BCUT2D eigenvalue weighted by Gasteiger charge is -2.32. The summed E-state index contributed by atoms with van der Waals surface area (Å²) in [7, 11) is 0. The molecule has 36 heavy (non-hydrogen) atoms. The van der Waals surface area contributed by atoms with Gasteiger partial charge in [-0.1, -0.05) is 42.5 Å². The monoisotopic (exact) mass is 496 g/mol. The van der Waals surface area contributed by atoms with Crippen LogP contribution in [-0.2, 0) is 12.6 Å². The quantitative estimate of drug-likeness (QED) is 0.322. The lowest BCUT2D eigenvalue weighted by molar-refractivity contribution is -0.137. The van der Waals surface area contributed by atoms with Crippen molar-refractivity contribution in [3.05, 3.63) is 89.6 Å². The molecule has 192 valence electrons. The third-order valence-corrected chi connectivity index (χ3v) is 7.03. The summed E-state index contributed by atoms with van der Waals surface area (Å²) in [6.07, 6.45) is 2.18. The van der Waals surface area contributed by atoms with Crippen molar-refractivity contribution in [3.63, 3.8) is 0 Å². The lowest BCUT2D eigenvalue weighted by Crippen LogP contribution is -2.38. The van der Waals surface area contributed by atoms with E-state index in [0.717, 1.165) is 56.2 Å². The fourth-order valence-electron chi connectivity index (χ4n) is 4.84. The molecule has 1 aliphatic rings. The fourth-order valence-corrected chi connectivity index (χ4v) is 4.84. The summed E-state index contributed by atoms with van der Waals surface area (Å²) in [6, 6.07) is 19.7. The molecule has 0 bridgehead atoms. The number of anilines is 2. The summed E-state index contributed by atoms with van der Waals surface area (Å²) in [5, 5.41) is 6.64. The van der Waals surface area contributed by atoms with E-state index in [2.05, 4.69) is 57.8 Å². The van der Waals surface area contributed by atoms with E-state index in [-0.39, 0.29) is 6.04 Å². The molecule has 1 atom stereocenters. The van der Waals surface area contributed by atoms with Crippen LogP contribution in [0.3, 0.4) is 0 Å². The Balaban J connectivity index is 1.23. The highest BCUT2D eigenvalue weighted by Crippen LogP contribution is 2.32. The van der Waals surface area contributed by atoms with Gasteiger partial charge in [-0.2, -0.15) is 13.2 Å². The summed E-state index contributed by atoms with van der Waals surface area (Å²) >= 11 is 0. The van der Waals surface area contributed by atoms with Crippen LogP contribution in [0.15, 0.2) is 72.9 Å². The Morgan fingerprint density at radius 2 is 1.78 bits per heavy atom. The zero-order chi connectivity index (χ0) is 25.4. The van der Waals surface area contributed by atoms with Crippen molar-refractivity contribution in [2.24, 2.45) is 5.92 Å². The molecule has 1 unspecified atom stereocenters. The summed E-state index contributed by atoms with van der Waals surface area (Å²) in [6.45, 7) is 6.14. The first-order chi connectivity index (χ1) is 17.4. The van der Waals surface area contributed by atoms with Gasteiger partial charge in [0, 0.05) is 36.6 Å². The van der Waals surface area contributed by atoms with Gasteiger partial charge in [0.25, 0.3) is 0 Å². The number of rotatable bonds is 10. The van der Waals surface area contributed by atoms with Gasteiger partial charge < -0.3 is 15.5 Å². The number of likely N-dealkylation sites (tertiary alicyclic amines) is 1. The average Bonchev–Trinajstić information content (AvgIpc) is 2.89. The van der Waals surface area contributed by atoms with Gasteiger partial charge in [-0.15, -0.1) is 0 Å². The summed E-state index contributed by atoms with van der Waals surface area (Å²) in [5.74, 6) is 1.37. The minimum absolute atomic E-state index is 0.00964. The maximum absolute atomic E-state index is 13.1. The fraction of sp³-hybridized carbons (Fsp3) is 0.414. The third-order valence-electron chi connectivity index (χ3n) is 7.03. The number of alkyl halides is 3. The average molecular weight is 497 g/mol. The number of piperidine rings is 1. The Labute approximate surface area is 211 Å². The number of aromatic nitrogens is 1. The molecule has 4 nitrogen and oxygen atoms in total. The SMILES string of the molecule is CC(NCCN1CCC(CCc2ccccc2)CC1)c1cccnc1Nc1cccc(C(F)(F)F)c1. The molecular formula is C29H35F3N4. The van der Waals surface area contributed by atoms with E-state index in [1.807, 2.05) is 12.1 Å². The van der Waals surface area contributed by atoms with E-state index >= 15 is 0 Å². The smallest absolute Gasteiger partial charge is 0.340 e. The third kappa shape index (κ3) is 7.55. The summed E-state index contributed by atoms with van der Waals surface area (Å²) in [4.78, 5) is 6.91. The van der Waals surface area contributed by atoms with Crippen molar-refractivity contribution < 1.29 is 13.2 Å². The van der Waals surface area contributed by atoms with Crippen molar-refractivity contribution >= 4 is 11.5 Å². The highest BCUT2D eigenvalue weighted by molar-refractivity contribution is 5.60. The van der Waals surface area contributed by atoms with Crippen LogP contribution < -0.4 is 10.6 Å². The van der Waals surface area contributed by atoms with Gasteiger partial charge >= 0.3 is 6.18 Å². The van der Waals surface area contributed by atoms with E-state index in [1.54, 1.807) is 12.3 Å². The molecule has 0 saturated carbocycles. The predicted molar refractivity (Wildman–Crippen MR) is 139 cm³/mol. The molecule has 2 N–H and O–H groups in total. The molecule has 1 aliphatic heterocycles. The molecule has 4 rings (SSSR count). The molecule has 1 saturated heterocycles. The lowest BCUT2D eigenvalue weighted by atomic mass is 9.90. The zero-order valence-corrected chi connectivity index (χ0v) is 20.8. The molecule has 7 heteroatoms. The van der Waals surface area contributed by atoms with Gasteiger partial charge in [0.1, 0.15) is 5.82 Å². The minimum atomic E-state index is -4.38. The van der Waals surface area contributed by atoms with Crippen molar-refractivity contribution in [2.75, 3.05) is 31.5 Å². The highest BCUT2D eigenvalue weighted by atomic mass is 19.4. The van der Waals surface area contributed by atoms with E-state index in [9.17, 15) is 13.2 Å². The number of hydrogen-bond donors (Lipinski definition) is 2. The van der Waals surface area contributed by atoms with E-state index < -0.39 is 11.7 Å². The van der Waals surface area contributed by atoms with Crippen LogP contribution in [0.1, 0.15) is 48.9 Å². The second-order valence-corrected chi connectivity index (χ2v) is 9.63. The highest BCUT2D eigenvalue weighted by Gasteiger charge is 2.30. The van der Waals surface area contributed by atoms with Gasteiger partial charge in [-0.05, 0) is 81.4 Å². The van der Waals surface area contributed by atoms with Crippen molar-refractivity contribution in [2.45, 2.75) is 44.8 Å². The van der Waals surface area contributed by atoms with Crippen molar-refractivity contribution in [3.8, 4) is 0 Å². The molecule has 0 radical (unpaired) electrons. The summed E-state index contributed by atoms with van der Waals surface area (Å²) < 4.78 is 39.2. The van der Waals surface area contributed by atoms with Gasteiger partial charge in [-0.25, -0.2) is 4.98 Å².